The highest BCUT2D eigenvalue weighted by atomic mass is 79.9. The van der Waals surface area contributed by atoms with Crippen LogP contribution >= 0.6 is 15.9 Å². The van der Waals surface area contributed by atoms with Crippen molar-refractivity contribution in [2.24, 2.45) is 0 Å². The van der Waals surface area contributed by atoms with E-state index in [1.54, 1.807) is 12.4 Å². The summed E-state index contributed by atoms with van der Waals surface area (Å²) in [6.07, 6.45) is 4.58. The highest BCUT2D eigenvalue weighted by Gasteiger charge is 2.17. The van der Waals surface area contributed by atoms with E-state index in [0.29, 0.717) is 12.0 Å². The van der Waals surface area contributed by atoms with Crippen molar-refractivity contribution in [3.63, 3.8) is 0 Å². The van der Waals surface area contributed by atoms with Crippen LogP contribution < -0.4 is 0 Å². The number of nitrogens with zero attached hydrogens (tertiary/aromatic N) is 4. The number of rotatable bonds is 4. The second kappa shape index (κ2) is 5.58. The predicted octanol–water partition coefficient (Wildman–Crippen LogP) is 2.04. The van der Waals surface area contributed by atoms with Gasteiger partial charge < -0.3 is 5.11 Å². The van der Waals surface area contributed by atoms with Gasteiger partial charge in [-0.1, -0.05) is 0 Å². The number of aryl methyl sites for hydroxylation is 2. The van der Waals surface area contributed by atoms with Gasteiger partial charge in [-0.05, 0) is 29.8 Å². The van der Waals surface area contributed by atoms with Crippen LogP contribution in [-0.2, 0) is 13.0 Å². The van der Waals surface area contributed by atoms with Crippen LogP contribution in [0.4, 0.5) is 0 Å². The summed E-state index contributed by atoms with van der Waals surface area (Å²) in [7, 11) is 0. The highest BCUT2D eigenvalue weighted by Crippen LogP contribution is 2.26. The largest absolute Gasteiger partial charge is 0.388 e. The summed E-state index contributed by atoms with van der Waals surface area (Å²) >= 11 is 3.52. The lowest BCUT2D eigenvalue weighted by Crippen LogP contribution is -2.09. The van der Waals surface area contributed by atoms with Gasteiger partial charge in [0.05, 0.1) is 22.0 Å². The number of aliphatic hydroxyl groups is 1. The minimum Gasteiger partial charge on any atom is -0.388 e. The Kier molecular flexibility index (Phi) is 4.08. The third kappa shape index (κ3) is 2.59. The molecule has 2 aromatic heterocycles. The zero-order valence-corrected chi connectivity index (χ0v) is 11.9. The summed E-state index contributed by atoms with van der Waals surface area (Å²) in [5.41, 5.74) is 2.64. The lowest BCUT2D eigenvalue weighted by atomic mass is 10.1. The van der Waals surface area contributed by atoms with Gasteiger partial charge in [-0.2, -0.15) is 5.10 Å². The standard InChI is InChI=1S/C12H15BrN4O/c1-3-17-10(12(13)8(2)16-17)4-11(18)9-5-14-7-15-6-9/h5-7,11,18H,3-4H2,1-2H3. The summed E-state index contributed by atoms with van der Waals surface area (Å²) in [5, 5.41) is 14.6. The number of aromatic nitrogens is 4. The molecule has 0 aromatic carbocycles. The van der Waals surface area contributed by atoms with Crippen LogP contribution in [0.25, 0.3) is 0 Å². The first-order valence-electron chi connectivity index (χ1n) is 5.78. The molecule has 0 radical (unpaired) electrons. The molecule has 1 N–H and O–H groups in total. The van der Waals surface area contributed by atoms with Crippen LogP contribution in [-0.4, -0.2) is 24.9 Å². The van der Waals surface area contributed by atoms with E-state index >= 15 is 0 Å². The molecule has 0 bridgehead atoms. The average Bonchev–Trinajstić information content (AvgIpc) is 2.67. The molecule has 0 fully saturated rings. The SMILES string of the molecule is CCn1nc(C)c(Br)c1CC(O)c1cncnc1. The molecule has 0 aliphatic carbocycles. The topological polar surface area (TPSA) is 63.8 Å². The van der Waals surface area contributed by atoms with Crippen LogP contribution in [0.2, 0.25) is 0 Å². The smallest absolute Gasteiger partial charge is 0.115 e. The molecule has 0 saturated carbocycles. The summed E-state index contributed by atoms with van der Waals surface area (Å²) < 4.78 is 2.85. The first-order chi connectivity index (χ1) is 8.63. The van der Waals surface area contributed by atoms with Crippen molar-refractivity contribution in [3.8, 4) is 0 Å². The van der Waals surface area contributed by atoms with Gasteiger partial charge in [0.2, 0.25) is 0 Å². The van der Waals surface area contributed by atoms with Crippen molar-refractivity contribution in [1.29, 1.82) is 0 Å². The Morgan fingerprint density at radius 1 is 1.39 bits per heavy atom. The number of halogens is 1. The first kappa shape index (κ1) is 13.2. The molecule has 2 heterocycles. The van der Waals surface area contributed by atoms with Gasteiger partial charge in [-0.25, -0.2) is 9.97 Å². The van der Waals surface area contributed by atoms with Crippen molar-refractivity contribution < 1.29 is 5.11 Å². The van der Waals surface area contributed by atoms with Crippen molar-refractivity contribution in [3.05, 3.63) is 40.1 Å². The maximum absolute atomic E-state index is 10.2. The van der Waals surface area contributed by atoms with Crippen LogP contribution in [0.15, 0.2) is 23.2 Å². The Labute approximate surface area is 114 Å². The summed E-state index contributed by atoms with van der Waals surface area (Å²) in [5.74, 6) is 0. The van der Waals surface area contributed by atoms with Crippen molar-refractivity contribution in [2.75, 3.05) is 0 Å². The molecular formula is C12H15BrN4O. The van der Waals surface area contributed by atoms with Gasteiger partial charge in [-0.15, -0.1) is 0 Å². The Morgan fingerprint density at radius 3 is 2.67 bits per heavy atom. The molecule has 6 heteroatoms. The fourth-order valence-electron chi connectivity index (χ4n) is 1.85. The van der Waals surface area contributed by atoms with E-state index in [2.05, 4.69) is 31.0 Å². The highest BCUT2D eigenvalue weighted by molar-refractivity contribution is 9.10. The van der Waals surface area contributed by atoms with Gasteiger partial charge in [-0.3, -0.25) is 4.68 Å². The quantitative estimate of drug-likeness (QED) is 0.938. The van der Waals surface area contributed by atoms with Gasteiger partial charge in [0.1, 0.15) is 6.33 Å². The lowest BCUT2D eigenvalue weighted by molar-refractivity contribution is 0.174. The third-order valence-corrected chi connectivity index (χ3v) is 3.84. The van der Waals surface area contributed by atoms with Gasteiger partial charge in [0.15, 0.2) is 0 Å². The molecule has 1 unspecified atom stereocenters. The number of hydrogen-bond donors (Lipinski definition) is 1. The monoisotopic (exact) mass is 310 g/mol. The van der Waals surface area contributed by atoms with Crippen molar-refractivity contribution >= 4 is 15.9 Å². The van der Waals surface area contributed by atoms with Crippen molar-refractivity contribution in [2.45, 2.75) is 32.9 Å². The molecule has 0 amide bonds. The molecule has 0 saturated heterocycles. The molecule has 5 nitrogen and oxygen atoms in total. The normalized spacial score (nSPS) is 12.7. The Balaban J connectivity index is 2.24. The van der Waals surface area contributed by atoms with Crippen LogP contribution in [0.3, 0.4) is 0 Å². The molecule has 0 spiro atoms. The molecule has 96 valence electrons. The Hall–Kier alpha value is -1.27. The Bertz CT molecular complexity index is 526. The van der Waals surface area contributed by atoms with Gasteiger partial charge in [0, 0.05) is 30.9 Å². The fourth-order valence-corrected chi connectivity index (χ4v) is 2.29. The van der Waals surface area contributed by atoms with Gasteiger partial charge in [0.25, 0.3) is 0 Å². The minimum absolute atomic E-state index is 0.489. The van der Waals surface area contributed by atoms with Gasteiger partial charge >= 0.3 is 0 Å². The van der Waals surface area contributed by atoms with E-state index < -0.39 is 6.10 Å². The van der Waals surface area contributed by atoms with Crippen LogP contribution in [0.1, 0.15) is 30.0 Å². The second-order valence-corrected chi connectivity index (χ2v) is 4.85. The Morgan fingerprint density at radius 2 is 2.06 bits per heavy atom. The van der Waals surface area contributed by atoms with E-state index in [-0.39, 0.29) is 0 Å². The third-order valence-electron chi connectivity index (χ3n) is 2.80. The lowest BCUT2D eigenvalue weighted by Gasteiger charge is -2.11. The van der Waals surface area contributed by atoms with E-state index in [0.717, 1.165) is 22.4 Å². The number of aliphatic hydroxyl groups excluding tert-OH is 1. The molecule has 0 aliphatic rings. The minimum atomic E-state index is -0.621. The van der Waals surface area contributed by atoms with E-state index in [1.807, 2.05) is 18.5 Å². The zero-order chi connectivity index (χ0) is 13.1. The molecule has 0 aliphatic heterocycles. The summed E-state index contributed by atoms with van der Waals surface area (Å²) in [4.78, 5) is 7.82. The molecule has 2 rings (SSSR count). The molecule has 2 aromatic rings. The molecule has 18 heavy (non-hydrogen) atoms. The van der Waals surface area contributed by atoms with Crippen LogP contribution in [0.5, 0.6) is 0 Å². The summed E-state index contributed by atoms with van der Waals surface area (Å²) in [6.45, 7) is 4.75. The maximum atomic E-state index is 10.2. The zero-order valence-electron chi connectivity index (χ0n) is 10.3. The van der Waals surface area contributed by atoms with Crippen molar-refractivity contribution in [1.82, 2.24) is 19.7 Å². The predicted molar refractivity (Wildman–Crippen MR) is 71.0 cm³/mol. The van der Waals surface area contributed by atoms with E-state index in [1.165, 1.54) is 6.33 Å². The van der Waals surface area contributed by atoms with E-state index in [4.69, 9.17) is 0 Å². The molecular weight excluding hydrogens is 296 g/mol. The molecule has 1 atom stereocenters. The maximum Gasteiger partial charge on any atom is 0.115 e. The average molecular weight is 311 g/mol. The fraction of sp³-hybridized carbons (Fsp3) is 0.417. The van der Waals surface area contributed by atoms with E-state index in [9.17, 15) is 5.11 Å². The first-order valence-corrected chi connectivity index (χ1v) is 6.57. The van der Waals surface area contributed by atoms with Crippen LogP contribution in [0, 0.1) is 6.92 Å². The number of hydrogen-bond acceptors (Lipinski definition) is 4. The summed E-state index contributed by atoms with van der Waals surface area (Å²) in [6, 6.07) is 0. The second-order valence-electron chi connectivity index (χ2n) is 4.05.